The summed E-state index contributed by atoms with van der Waals surface area (Å²) in [4.78, 5) is 15.3. The van der Waals surface area contributed by atoms with Crippen LogP contribution in [-0.4, -0.2) is 23.6 Å². The van der Waals surface area contributed by atoms with E-state index in [0.29, 0.717) is 18.0 Å². The minimum Gasteiger partial charge on any atom is -0.485 e. The summed E-state index contributed by atoms with van der Waals surface area (Å²) >= 11 is 0. The fourth-order valence-corrected chi connectivity index (χ4v) is 2.45. The van der Waals surface area contributed by atoms with Gasteiger partial charge in [-0.3, -0.25) is 10.2 Å². The first-order chi connectivity index (χ1) is 11.4. The van der Waals surface area contributed by atoms with Gasteiger partial charge < -0.3 is 14.5 Å². The molecule has 3 rings (SSSR count). The number of rotatable bonds is 4. The van der Waals surface area contributed by atoms with Gasteiger partial charge in [0.2, 0.25) is 6.10 Å². The zero-order chi connectivity index (χ0) is 17.2. The fraction of sp³-hybridized carbons (Fsp3) is 0.389. The zero-order valence-electron chi connectivity index (χ0n) is 14.2. The predicted octanol–water partition coefficient (Wildman–Crippen LogP) is 2.27. The van der Waals surface area contributed by atoms with Crippen LogP contribution >= 0.6 is 0 Å². The highest BCUT2D eigenvalue weighted by Crippen LogP contribution is 2.36. The predicted molar refractivity (Wildman–Crippen MR) is 90.8 cm³/mol. The van der Waals surface area contributed by atoms with Crippen LogP contribution in [0.15, 0.2) is 36.5 Å². The molecule has 6 heteroatoms. The van der Waals surface area contributed by atoms with Crippen LogP contribution in [-0.2, 0) is 16.8 Å². The van der Waals surface area contributed by atoms with Crippen LogP contribution in [0.1, 0.15) is 32.0 Å². The van der Waals surface area contributed by atoms with Gasteiger partial charge in [-0.15, -0.1) is 0 Å². The lowest BCUT2D eigenvalue weighted by Gasteiger charge is -2.28. The summed E-state index contributed by atoms with van der Waals surface area (Å²) in [6.07, 6.45) is 1.16. The van der Waals surface area contributed by atoms with E-state index in [-0.39, 0.29) is 17.9 Å². The maximum atomic E-state index is 12.2. The topological polar surface area (TPSA) is 75.4 Å². The molecule has 128 valence electrons. The van der Waals surface area contributed by atoms with Crippen LogP contribution in [0.5, 0.6) is 11.5 Å². The maximum Gasteiger partial charge on any atom is 0.278 e. The normalized spacial score (nSPS) is 16.7. The number of carbonyl (C=O) groups is 1. The largest absolute Gasteiger partial charge is 0.485 e. The standard InChI is InChI=1S/C18H23N3O3/c1-18(2,3)12-6-7-14-15(9-12)24-16(11-23-14)17(22)21-20-10-13-5-4-8-19-13/h4-9,16,19-20H,10-11H2,1-3H3,(H,21,22). The van der Waals surface area contributed by atoms with E-state index in [9.17, 15) is 4.79 Å². The molecule has 1 amide bonds. The Labute approximate surface area is 141 Å². The number of aromatic amines is 1. The monoisotopic (exact) mass is 329 g/mol. The molecule has 0 bridgehead atoms. The molecule has 1 aromatic heterocycles. The van der Waals surface area contributed by atoms with Crippen LogP contribution in [0, 0.1) is 0 Å². The number of hydrazine groups is 1. The van der Waals surface area contributed by atoms with Crippen molar-refractivity contribution in [2.75, 3.05) is 6.61 Å². The summed E-state index contributed by atoms with van der Waals surface area (Å²) < 4.78 is 11.5. The highest BCUT2D eigenvalue weighted by molar-refractivity contribution is 5.81. The maximum absolute atomic E-state index is 12.2. The van der Waals surface area contributed by atoms with Crippen molar-refractivity contribution in [3.8, 4) is 11.5 Å². The fourth-order valence-electron chi connectivity index (χ4n) is 2.45. The Balaban J connectivity index is 1.60. The molecule has 2 heterocycles. The second-order valence-corrected chi connectivity index (χ2v) is 6.87. The first kappa shape index (κ1) is 16.4. The number of ether oxygens (including phenoxy) is 2. The first-order valence-electron chi connectivity index (χ1n) is 8.02. The van der Waals surface area contributed by atoms with Gasteiger partial charge in [0.25, 0.3) is 5.91 Å². The number of fused-ring (bicyclic) bond motifs is 1. The Hall–Kier alpha value is -2.47. The Morgan fingerprint density at radius 1 is 1.29 bits per heavy atom. The molecule has 1 aromatic carbocycles. The van der Waals surface area contributed by atoms with Crippen molar-refractivity contribution in [3.63, 3.8) is 0 Å². The molecule has 1 aliphatic heterocycles. The summed E-state index contributed by atoms with van der Waals surface area (Å²) in [5.74, 6) is 1.03. The zero-order valence-corrected chi connectivity index (χ0v) is 14.2. The smallest absolute Gasteiger partial charge is 0.278 e. The van der Waals surface area contributed by atoms with Gasteiger partial charge in [0, 0.05) is 11.9 Å². The molecular weight excluding hydrogens is 306 g/mol. The minimum absolute atomic E-state index is 0.00515. The number of nitrogens with one attached hydrogen (secondary N) is 3. The van der Waals surface area contributed by atoms with E-state index < -0.39 is 6.10 Å². The lowest BCUT2D eigenvalue weighted by atomic mass is 9.87. The minimum atomic E-state index is -0.677. The van der Waals surface area contributed by atoms with Crippen LogP contribution < -0.4 is 20.3 Å². The summed E-state index contributed by atoms with van der Waals surface area (Å²) in [7, 11) is 0. The molecule has 0 saturated heterocycles. The lowest BCUT2D eigenvalue weighted by molar-refractivity contribution is -0.131. The Morgan fingerprint density at radius 3 is 2.83 bits per heavy atom. The highest BCUT2D eigenvalue weighted by Gasteiger charge is 2.28. The van der Waals surface area contributed by atoms with E-state index in [0.717, 1.165) is 11.3 Å². The lowest BCUT2D eigenvalue weighted by Crippen LogP contribution is -2.48. The highest BCUT2D eigenvalue weighted by atomic mass is 16.6. The third kappa shape index (κ3) is 3.71. The molecule has 0 saturated carbocycles. The van der Waals surface area contributed by atoms with Crippen LogP contribution in [0.3, 0.4) is 0 Å². The molecule has 3 N–H and O–H groups in total. The number of hydrogen-bond donors (Lipinski definition) is 3. The van der Waals surface area contributed by atoms with Crippen molar-refractivity contribution in [1.29, 1.82) is 0 Å². The molecule has 1 atom stereocenters. The van der Waals surface area contributed by atoms with Crippen LogP contribution in [0.25, 0.3) is 0 Å². The second kappa shape index (κ2) is 6.57. The number of benzene rings is 1. The van der Waals surface area contributed by atoms with Crippen molar-refractivity contribution < 1.29 is 14.3 Å². The number of hydrogen-bond acceptors (Lipinski definition) is 4. The van der Waals surface area contributed by atoms with Crippen LogP contribution in [0.2, 0.25) is 0 Å². The molecule has 2 aromatic rings. The van der Waals surface area contributed by atoms with Gasteiger partial charge in [0.1, 0.15) is 6.61 Å². The van der Waals surface area contributed by atoms with Gasteiger partial charge in [-0.25, -0.2) is 5.43 Å². The van der Waals surface area contributed by atoms with E-state index in [1.807, 2.05) is 36.5 Å². The summed E-state index contributed by atoms with van der Waals surface area (Å²) in [5, 5.41) is 0. The molecular formula is C18H23N3O3. The van der Waals surface area contributed by atoms with Gasteiger partial charge in [0.15, 0.2) is 11.5 Å². The average Bonchev–Trinajstić information content (AvgIpc) is 3.06. The molecule has 1 unspecified atom stereocenters. The van der Waals surface area contributed by atoms with Gasteiger partial charge in [-0.2, -0.15) is 0 Å². The van der Waals surface area contributed by atoms with Gasteiger partial charge in [-0.1, -0.05) is 26.8 Å². The van der Waals surface area contributed by atoms with Crippen molar-refractivity contribution in [3.05, 3.63) is 47.8 Å². The van der Waals surface area contributed by atoms with E-state index in [1.165, 1.54) is 0 Å². The Bertz CT molecular complexity index is 705. The third-order valence-corrected chi connectivity index (χ3v) is 3.91. The van der Waals surface area contributed by atoms with Gasteiger partial charge in [0.05, 0.1) is 6.54 Å². The van der Waals surface area contributed by atoms with Gasteiger partial charge >= 0.3 is 0 Å². The quantitative estimate of drug-likeness (QED) is 0.752. The van der Waals surface area contributed by atoms with Gasteiger partial charge in [-0.05, 0) is 35.2 Å². The first-order valence-corrected chi connectivity index (χ1v) is 8.02. The number of aromatic nitrogens is 1. The van der Waals surface area contributed by atoms with Crippen LogP contribution in [0.4, 0.5) is 0 Å². The Kier molecular flexibility index (Phi) is 4.49. The number of H-pyrrole nitrogens is 1. The average molecular weight is 329 g/mol. The third-order valence-electron chi connectivity index (χ3n) is 3.91. The van der Waals surface area contributed by atoms with Crippen molar-refractivity contribution in [2.24, 2.45) is 0 Å². The Morgan fingerprint density at radius 2 is 2.12 bits per heavy atom. The van der Waals surface area contributed by atoms with Crippen molar-refractivity contribution in [2.45, 2.75) is 38.8 Å². The number of carbonyl (C=O) groups excluding carboxylic acids is 1. The van der Waals surface area contributed by atoms with Crippen molar-refractivity contribution >= 4 is 5.91 Å². The molecule has 6 nitrogen and oxygen atoms in total. The molecule has 0 aliphatic carbocycles. The summed E-state index contributed by atoms with van der Waals surface area (Å²) in [6.45, 7) is 7.10. The van der Waals surface area contributed by atoms with E-state index in [2.05, 4.69) is 36.6 Å². The molecule has 24 heavy (non-hydrogen) atoms. The SMILES string of the molecule is CC(C)(C)c1ccc2c(c1)OC(C(=O)NNCc1ccc[nH]1)CO2. The van der Waals surface area contributed by atoms with E-state index in [4.69, 9.17) is 9.47 Å². The number of amides is 1. The van der Waals surface area contributed by atoms with E-state index >= 15 is 0 Å². The van der Waals surface area contributed by atoms with Crippen molar-refractivity contribution in [1.82, 2.24) is 15.8 Å². The second-order valence-electron chi connectivity index (χ2n) is 6.87. The molecule has 0 spiro atoms. The molecule has 0 fully saturated rings. The summed E-state index contributed by atoms with van der Waals surface area (Å²) in [5.41, 5.74) is 7.65. The molecule has 1 aliphatic rings. The van der Waals surface area contributed by atoms with E-state index in [1.54, 1.807) is 0 Å². The molecule has 0 radical (unpaired) electrons. The summed E-state index contributed by atoms with van der Waals surface area (Å²) in [6, 6.07) is 9.71.